The Morgan fingerprint density at radius 3 is 3.19 bits per heavy atom. The number of thiophene rings is 1. The van der Waals surface area contributed by atoms with Crippen LogP contribution in [-0.4, -0.2) is 14.5 Å². The molecule has 0 saturated carbocycles. The molecular formula is C11H9N3OS. The summed E-state index contributed by atoms with van der Waals surface area (Å²) in [6.07, 6.45) is 3.34. The van der Waals surface area contributed by atoms with Crippen LogP contribution in [0.5, 0.6) is 0 Å². The highest BCUT2D eigenvalue weighted by molar-refractivity contribution is 7.09. The van der Waals surface area contributed by atoms with Gasteiger partial charge in [0.15, 0.2) is 5.52 Å². The molecule has 3 aromatic rings. The number of fused-ring (bicyclic) bond motifs is 1. The summed E-state index contributed by atoms with van der Waals surface area (Å²) in [6.45, 7) is 0.610. The molecule has 0 amide bonds. The van der Waals surface area contributed by atoms with Gasteiger partial charge in [-0.15, -0.1) is 11.3 Å². The molecule has 1 N–H and O–H groups in total. The average molecular weight is 231 g/mol. The van der Waals surface area contributed by atoms with E-state index in [1.165, 1.54) is 0 Å². The highest BCUT2D eigenvalue weighted by Crippen LogP contribution is 2.10. The van der Waals surface area contributed by atoms with E-state index >= 15 is 0 Å². The first-order chi connectivity index (χ1) is 7.84. The van der Waals surface area contributed by atoms with Gasteiger partial charge in [0.25, 0.3) is 5.56 Å². The average Bonchev–Trinajstić information content (AvgIpc) is 2.93. The van der Waals surface area contributed by atoms with E-state index in [-0.39, 0.29) is 5.56 Å². The molecule has 0 aliphatic rings. The molecule has 0 fully saturated rings. The number of hydrogen-bond acceptors (Lipinski definition) is 3. The third-order valence-electron chi connectivity index (χ3n) is 2.46. The number of aromatic amines is 1. The van der Waals surface area contributed by atoms with Crippen LogP contribution in [0.3, 0.4) is 0 Å². The third-order valence-corrected chi connectivity index (χ3v) is 3.32. The molecule has 0 atom stereocenters. The Balaban J connectivity index is 2.10. The van der Waals surface area contributed by atoms with Crippen LogP contribution in [0.1, 0.15) is 4.88 Å². The lowest BCUT2D eigenvalue weighted by Crippen LogP contribution is -2.19. The minimum Gasteiger partial charge on any atom is -0.344 e. The maximum atomic E-state index is 12.0. The zero-order valence-corrected chi connectivity index (χ0v) is 9.20. The number of H-pyrrole nitrogens is 1. The quantitative estimate of drug-likeness (QED) is 0.731. The summed E-state index contributed by atoms with van der Waals surface area (Å²) in [5.41, 5.74) is 1.23. The number of hydrogen-bond donors (Lipinski definition) is 1. The molecule has 3 heterocycles. The number of pyridine rings is 1. The molecule has 3 rings (SSSR count). The third kappa shape index (κ3) is 1.45. The summed E-state index contributed by atoms with van der Waals surface area (Å²) < 4.78 is 1.68. The molecule has 0 radical (unpaired) electrons. The first-order valence-electron chi connectivity index (χ1n) is 4.89. The van der Waals surface area contributed by atoms with Crippen LogP contribution in [0, 0.1) is 0 Å². The Morgan fingerprint density at radius 2 is 2.38 bits per heavy atom. The van der Waals surface area contributed by atoms with Crippen molar-refractivity contribution in [3.8, 4) is 0 Å². The Labute approximate surface area is 95.2 Å². The van der Waals surface area contributed by atoms with Gasteiger partial charge in [0.05, 0.1) is 18.4 Å². The molecule has 4 nitrogen and oxygen atoms in total. The first-order valence-corrected chi connectivity index (χ1v) is 5.77. The Kier molecular flexibility index (Phi) is 2.11. The van der Waals surface area contributed by atoms with E-state index in [1.54, 1.807) is 28.4 Å². The van der Waals surface area contributed by atoms with E-state index in [9.17, 15) is 4.79 Å². The number of nitrogens with one attached hydrogen (secondary N) is 1. The van der Waals surface area contributed by atoms with Gasteiger partial charge < -0.3 is 9.55 Å². The summed E-state index contributed by atoms with van der Waals surface area (Å²) in [7, 11) is 0. The van der Waals surface area contributed by atoms with Crippen molar-refractivity contribution in [3.05, 3.63) is 51.3 Å². The van der Waals surface area contributed by atoms with Crippen molar-refractivity contribution in [1.82, 2.24) is 14.5 Å². The van der Waals surface area contributed by atoms with Crippen molar-refractivity contribution < 1.29 is 0 Å². The minimum absolute atomic E-state index is 0.0489. The van der Waals surface area contributed by atoms with Crippen LogP contribution < -0.4 is 5.56 Å². The molecule has 0 spiro atoms. The fourth-order valence-corrected chi connectivity index (χ4v) is 2.37. The first kappa shape index (κ1) is 9.35. The lowest BCUT2D eigenvalue weighted by atomic mass is 10.4. The molecule has 0 aliphatic carbocycles. The van der Waals surface area contributed by atoms with Gasteiger partial charge in [-0.05, 0) is 17.5 Å². The zero-order valence-electron chi connectivity index (χ0n) is 8.38. The van der Waals surface area contributed by atoms with Crippen LogP contribution in [0.15, 0.2) is 40.9 Å². The van der Waals surface area contributed by atoms with Gasteiger partial charge in [-0.3, -0.25) is 4.79 Å². The molecule has 0 unspecified atom stereocenters. The van der Waals surface area contributed by atoms with Gasteiger partial charge in [-0.2, -0.15) is 0 Å². The SMILES string of the molecule is O=c1c2nc[nH]c2ccn1Cc1cccs1. The summed E-state index contributed by atoms with van der Waals surface area (Å²) in [5.74, 6) is 0. The molecule has 5 heteroatoms. The van der Waals surface area contributed by atoms with Gasteiger partial charge in [0, 0.05) is 11.1 Å². The largest absolute Gasteiger partial charge is 0.344 e. The molecule has 0 saturated heterocycles. The smallest absolute Gasteiger partial charge is 0.278 e. The molecule has 0 bridgehead atoms. The van der Waals surface area contributed by atoms with Crippen molar-refractivity contribution in [2.45, 2.75) is 6.54 Å². The van der Waals surface area contributed by atoms with E-state index in [0.29, 0.717) is 12.1 Å². The lowest BCUT2D eigenvalue weighted by Gasteiger charge is -2.02. The van der Waals surface area contributed by atoms with E-state index in [4.69, 9.17) is 0 Å². The summed E-state index contributed by atoms with van der Waals surface area (Å²) in [6, 6.07) is 5.88. The Morgan fingerprint density at radius 1 is 1.44 bits per heavy atom. The second-order valence-electron chi connectivity index (χ2n) is 3.49. The Hall–Kier alpha value is -1.88. The highest BCUT2D eigenvalue weighted by atomic mass is 32.1. The predicted molar refractivity (Wildman–Crippen MR) is 63.8 cm³/mol. The van der Waals surface area contributed by atoms with E-state index in [2.05, 4.69) is 9.97 Å². The van der Waals surface area contributed by atoms with E-state index < -0.39 is 0 Å². The number of rotatable bonds is 2. The Bertz CT molecular complexity index is 666. The summed E-state index contributed by atoms with van der Waals surface area (Å²) in [5, 5.41) is 2.01. The fourth-order valence-electron chi connectivity index (χ4n) is 1.66. The second kappa shape index (κ2) is 3.61. The van der Waals surface area contributed by atoms with Crippen molar-refractivity contribution in [1.29, 1.82) is 0 Å². The molecule has 0 aliphatic heterocycles. The zero-order chi connectivity index (χ0) is 11.0. The topological polar surface area (TPSA) is 50.7 Å². The maximum Gasteiger partial charge on any atom is 0.278 e. The molecule has 0 aromatic carbocycles. The van der Waals surface area contributed by atoms with Crippen LogP contribution in [-0.2, 0) is 6.54 Å². The van der Waals surface area contributed by atoms with Crippen molar-refractivity contribution in [2.75, 3.05) is 0 Å². The van der Waals surface area contributed by atoms with E-state index in [0.717, 1.165) is 10.4 Å². The van der Waals surface area contributed by atoms with Crippen molar-refractivity contribution in [3.63, 3.8) is 0 Å². The van der Waals surface area contributed by atoms with Crippen LogP contribution in [0.25, 0.3) is 11.0 Å². The molecule has 80 valence electrons. The van der Waals surface area contributed by atoms with Gasteiger partial charge in [0.1, 0.15) is 0 Å². The normalized spacial score (nSPS) is 11.0. The monoisotopic (exact) mass is 231 g/mol. The standard InChI is InChI=1S/C11H9N3OS/c15-11-10-9(12-7-13-10)3-4-14(11)6-8-2-1-5-16-8/h1-5,7H,6H2,(H,12,13). The fraction of sp³-hybridized carbons (Fsp3) is 0.0909. The second-order valence-corrected chi connectivity index (χ2v) is 4.53. The van der Waals surface area contributed by atoms with Gasteiger partial charge >= 0.3 is 0 Å². The molecule has 3 aromatic heterocycles. The van der Waals surface area contributed by atoms with Crippen molar-refractivity contribution >= 4 is 22.4 Å². The number of aromatic nitrogens is 3. The summed E-state index contributed by atoms with van der Waals surface area (Å²) in [4.78, 5) is 20.1. The highest BCUT2D eigenvalue weighted by Gasteiger charge is 2.05. The summed E-state index contributed by atoms with van der Waals surface area (Å²) >= 11 is 1.65. The van der Waals surface area contributed by atoms with E-state index in [1.807, 2.05) is 23.6 Å². The van der Waals surface area contributed by atoms with Gasteiger partial charge in [0.2, 0.25) is 0 Å². The van der Waals surface area contributed by atoms with Crippen LogP contribution in [0.2, 0.25) is 0 Å². The van der Waals surface area contributed by atoms with Crippen LogP contribution >= 0.6 is 11.3 Å². The van der Waals surface area contributed by atoms with Gasteiger partial charge in [-0.25, -0.2) is 4.98 Å². The van der Waals surface area contributed by atoms with Crippen LogP contribution in [0.4, 0.5) is 0 Å². The molecular weight excluding hydrogens is 222 g/mol. The maximum absolute atomic E-state index is 12.0. The predicted octanol–water partition coefficient (Wildman–Crippen LogP) is 1.83. The van der Waals surface area contributed by atoms with Crippen molar-refractivity contribution in [2.24, 2.45) is 0 Å². The number of imidazole rings is 1. The minimum atomic E-state index is -0.0489. The van der Waals surface area contributed by atoms with Gasteiger partial charge in [-0.1, -0.05) is 6.07 Å². The molecule has 16 heavy (non-hydrogen) atoms. The lowest BCUT2D eigenvalue weighted by molar-refractivity contribution is 0.777. The number of nitrogens with zero attached hydrogens (tertiary/aromatic N) is 2.